The summed E-state index contributed by atoms with van der Waals surface area (Å²) in [6.07, 6.45) is 1.55. The Bertz CT molecular complexity index is 443. The lowest BCUT2D eigenvalue weighted by Crippen LogP contribution is -2.11. The number of rotatable bonds is 0. The van der Waals surface area contributed by atoms with Crippen molar-refractivity contribution in [2.75, 3.05) is 0 Å². The monoisotopic (exact) mass is 180 g/mol. The van der Waals surface area contributed by atoms with Crippen molar-refractivity contribution in [1.29, 1.82) is 0 Å². The maximum absolute atomic E-state index is 11.0. The van der Waals surface area contributed by atoms with Crippen LogP contribution in [-0.4, -0.2) is 19.7 Å². The summed E-state index contributed by atoms with van der Waals surface area (Å²) in [5.41, 5.74) is 1.13. The van der Waals surface area contributed by atoms with E-state index in [-0.39, 0.29) is 5.69 Å². The Labute approximate surface area is 75.4 Å². The van der Waals surface area contributed by atoms with Gasteiger partial charge in [0.2, 0.25) is 0 Å². The predicted molar refractivity (Wildman–Crippen MR) is 50.5 cm³/mol. The van der Waals surface area contributed by atoms with Gasteiger partial charge in [-0.05, 0) is 6.07 Å². The minimum atomic E-state index is -0.166. The number of hydrogen-bond donors (Lipinski definition) is 1. The van der Waals surface area contributed by atoms with Crippen molar-refractivity contribution in [1.82, 2.24) is 19.7 Å². The molecule has 0 bridgehead atoms. The smallest absolute Gasteiger partial charge is 0.293 e. The number of nitrogens with one attached hydrogen (secondary N) is 1. The average molecular weight is 180 g/mol. The van der Waals surface area contributed by atoms with Crippen molar-refractivity contribution in [3.8, 4) is 0 Å². The third-order valence-corrected chi connectivity index (χ3v) is 1.59. The molecule has 0 saturated heterocycles. The summed E-state index contributed by atoms with van der Waals surface area (Å²) < 4.78 is 1.49. The molecule has 2 heterocycles. The first kappa shape index (κ1) is 9.44. The van der Waals surface area contributed by atoms with Crippen LogP contribution in [0.15, 0.2) is 17.1 Å². The molecule has 0 aromatic carbocycles. The topological polar surface area (TPSA) is 63.6 Å². The zero-order valence-electron chi connectivity index (χ0n) is 7.90. The van der Waals surface area contributed by atoms with Crippen LogP contribution < -0.4 is 5.69 Å². The van der Waals surface area contributed by atoms with Gasteiger partial charge in [0.15, 0.2) is 5.65 Å². The molecule has 0 atom stereocenters. The minimum Gasteiger partial charge on any atom is -0.293 e. The van der Waals surface area contributed by atoms with E-state index in [2.05, 4.69) is 15.2 Å². The van der Waals surface area contributed by atoms with Crippen LogP contribution >= 0.6 is 0 Å². The van der Waals surface area contributed by atoms with Crippen LogP contribution in [0, 0.1) is 0 Å². The summed E-state index contributed by atoms with van der Waals surface area (Å²) in [6, 6.07) is 1.74. The molecule has 0 fully saturated rings. The summed E-state index contributed by atoms with van der Waals surface area (Å²) in [5, 5.41) is 7.37. The van der Waals surface area contributed by atoms with E-state index in [4.69, 9.17) is 0 Å². The lowest BCUT2D eigenvalue weighted by Gasteiger charge is -1.87. The summed E-state index contributed by atoms with van der Waals surface area (Å²) in [5.74, 6) is 0. The number of hydrogen-bond acceptors (Lipinski definition) is 3. The van der Waals surface area contributed by atoms with E-state index in [0.29, 0.717) is 5.65 Å². The molecule has 5 nitrogen and oxygen atoms in total. The third kappa shape index (κ3) is 1.58. The van der Waals surface area contributed by atoms with E-state index in [1.54, 1.807) is 19.3 Å². The van der Waals surface area contributed by atoms with E-state index < -0.39 is 0 Å². The molecule has 2 aromatic heterocycles. The zero-order chi connectivity index (χ0) is 9.84. The van der Waals surface area contributed by atoms with Crippen LogP contribution in [0.1, 0.15) is 13.8 Å². The van der Waals surface area contributed by atoms with E-state index in [1.165, 1.54) is 4.57 Å². The highest BCUT2D eigenvalue weighted by Gasteiger charge is 2.01. The highest BCUT2D eigenvalue weighted by atomic mass is 16.1. The van der Waals surface area contributed by atoms with Gasteiger partial charge >= 0.3 is 5.69 Å². The maximum Gasteiger partial charge on any atom is 0.327 e. The Morgan fingerprint density at radius 3 is 2.77 bits per heavy atom. The second-order valence-electron chi connectivity index (χ2n) is 2.25. The van der Waals surface area contributed by atoms with Crippen LogP contribution in [0.3, 0.4) is 0 Å². The number of nitrogens with zero attached hydrogens (tertiary/aromatic N) is 3. The molecule has 0 unspecified atom stereocenters. The third-order valence-electron chi connectivity index (χ3n) is 1.59. The van der Waals surface area contributed by atoms with Gasteiger partial charge in [-0.1, -0.05) is 13.8 Å². The zero-order valence-corrected chi connectivity index (χ0v) is 7.90. The van der Waals surface area contributed by atoms with Gasteiger partial charge in [0.1, 0.15) is 0 Å². The standard InChI is InChI=1S/C6H6N4O.C2H6/c1-10-4-2-3-7-9-5(4)8-6(10)11;1-2/h2-3H,1H3,(H,8,9,11);1-2H3. The molecule has 0 spiro atoms. The first-order valence-electron chi connectivity index (χ1n) is 4.15. The molecular weight excluding hydrogens is 168 g/mol. The molecule has 0 radical (unpaired) electrons. The fourth-order valence-corrected chi connectivity index (χ4v) is 0.979. The molecule has 0 aliphatic heterocycles. The second-order valence-corrected chi connectivity index (χ2v) is 2.25. The molecule has 0 saturated carbocycles. The van der Waals surface area contributed by atoms with Gasteiger partial charge in [0, 0.05) is 7.05 Å². The predicted octanol–water partition coefficient (Wildman–Crippen LogP) is 0.683. The number of H-pyrrole nitrogens is 1. The Morgan fingerprint density at radius 1 is 1.46 bits per heavy atom. The first-order chi connectivity index (χ1) is 6.29. The fourth-order valence-electron chi connectivity index (χ4n) is 0.979. The Balaban J connectivity index is 0.000000396. The largest absolute Gasteiger partial charge is 0.327 e. The quantitative estimate of drug-likeness (QED) is 0.648. The van der Waals surface area contributed by atoms with Crippen molar-refractivity contribution >= 4 is 11.2 Å². The van der Waals surface area contributed by atoms with Crippen LogP contribution in [0.5, 0.6) is 0 Å². The van der Waals surface area contributed by atoms with Gasteiger partial charge in [0.05, 0.1) is 11.7 Å². The molecule has 2 rings (SSSR count). The summed E-state index contributed by atoms with van der Waals surface area (Å²) in [4.78, 5) is 13.5. The highest BCUT2D eigenvalue weighted by Crippen LogP contribution is 2.00. The lowest BCUT2D eigenvalue weighted by molar-refractivity contribution is 0.891. The van der Waals surface area contributed by atoms with E-state index >= 15 is 0 Å². The SMILES string of the molecule is CC.Cn1c(=O)[nH]c2nnccc21. The second kappa shape index (κ2) is 3.84. The van der Waals surface area contributed by atoms with Crippen molar-refractivity contribution in [3.63, 3.8) is 0 Å². The number of aromatic nitrogens is 4. The number of imidazole rings is 1. The Kier molecular flexibility index (Phi) is 2.79. The normalized spacial score (nSPS) is 9.46. The van der Waals surface area contributed by atoms with E-state index in [0.717, 1.165) is 5.52 Å². The van der Waals surface area contributed by atoms with E-state index in [9.17, 15) is 4.79 Å². The lowest BCUT2D eigenvalue weighted by atomic mass is 10.5. The van der Waals surface area contributed by atoms with Gasteiger partial charge in [0.25, 0.3) is 0 Å². The van der Waals surface area contributed by atoms with Gasteiger partial charge < -0.3 is 0 Å². The molecule has 0 aliphatic carbocycles. The number of aryl methyl sites for hydroxylation is 1. The van der Waals surface area contributed by atoms with Gasteiger partial charge in [-0.25, -0.2) is 4.79 Å². The van der Waals surface area contributed by atoms with E-state index in [1.807, 2.05) is 13.8 Å². The van der Waals surface area contributed by atoms with Crippen molar-refractivity contribution in [2.45, 2.75) is 13.8 Å². The molecule has 0 amide bonds. The Morgan fingerprint density at radius 2 is 2.15 bits per heavy atom. The van der Waals surface area contributed by atoms with Crippen LogP contribution in [-0.2, 0) is 7.05 Å². The molecular formula is C8H12N4O. The van der Waals surface area contributed by atoms with Gasteiger partial charge in [-0.3, -0.25) is 9.55 Å². The molecule has 1 N–H and O–H groups in total. The van der Waals surface area contributed by atoms with Crippen LogP contribution in [0.2, 0.25) is 0 Å². The number of aromatic amines is 1. The molecule has 0 aliphatic rings. The average Bonchev–Trinajstić information content (AvgIpc) is 2.47. The highest BCUT2D eigenvalue weighted by molar-refractivity contribution is 5.69. The van der Waals surface area contributed by atoms with Crippen LogP contribution in [0.4, 0.5) is 0 Å². The van der Waals surface area contributed by atoms with Crippen LogP contribution in [0.25, 0.3) is 11.2 Å². The molecule has 13 heavy (non-hydrogen) atoms. The Hall–Kier alpha value is -1.65. The van der Waals surface area contributed by atoms with Crippen molar-refractivity contribution in [3.05, 3.63) is 22.7 Å². The van der Waals surface area contributed by atoms with Gasteiger partial charge in [-0.15, -0.1) is 5.10 Å². The van der Waals surface area contributed by atoms with Crippen molar-refractivity contribution in [2.24, 2.45) is 7.05 Å². The van der Waals surface area contributed by atoms with Crippen molar-refractivity contribution < 1.29 is 0 Å². The summed E-state index contributed by atoms with van der Waals surface area (Å²) in [7, 11) is 1.68. The summed E-state index contributed by atoms with van der Waals surface area (Å²) in [6.45, 7) is 4.00. The fraction of sp³-hybridized carbons (Fsp3) is 0.375. The maximum atomic E-state index is 11.0. The minimum absolute atomic E-state index is 0.166. The number of fused-ring (bicyclic) bond motifs is 1. The first-order valence-corrected chi connectivity index (χ1v) is 4.15. The van der Waals surface area contributed by atoms with Gasteiger partial charge in [-0.2, -0.15) is 5.10 Å². The molecule has 2 aromatic rings. The molecule has 5 heteroatoms. The molecule has 70 valence electrons. The summed E-state index contributed by atoms with van der Waals surface area (Å²) >= 11 is 0.